The van der Waals surface area contributed by atoms with Crippen LogP contribution < -0.4 is 4.90 Å². The second kappa shape index (κ2) is 7.29. The number of nitrogens with zero attached hydrogens (tertiary/aromatic N) is 3. The zero-order valence-electron chi connectivity index (χ0n) is 15.6. The van der Waals surface area contributed by atoms with Crippen LogP contribution in [0.2, 0.25) is 0 Å². The van der Waals surface area contributed by atoms with E-state index in [0.29, 0.717) is 32.1 Å². The molecule has 3 rings (SSSR count). The number of anilines is 1. The first-order valence-corrected chi connectivity index (χ1v) is 10.0. The number of piperidine rings is 2. The molecule has 0 N–H and O–H groups in total. The van der Waals surface area contributed by atoms with Crippen molar-refractivity contribution in [2.24, 2.45) is 0 Å². The highest BCUT2D eigenvalue weighted by molar-refractivity contribution is 7.15. The SMILES string of the molecule is CC(C)(C)OC(=O)N1CCC(c2cnc(N3CCC(F)(F)CC3)s2)CC1. The normalized spacial score (nSPS) is 21.7. The minimum atomic E-state index is -2.54. The highest BCUT2D eigenvalue weighted by atomic mass is 32.1. The number of rotatable bonds is 2. The standard InChI is InChI=1S/C18H27F2N3O2S/c1-17(2,3)25-16(24)23-8-4-13(5-9-23)14-12-21-15(26-14)22-10-6-18(19,20)7-11-22/h12-13H,4-11H2,1-3H3. The van der Waals surface area contributed by atoms with Gasteiger partial charge in [0.05, 0.1) is 0 Å². The van der Waals surface area contributed by atoms with Crippen molar-refractivity contribution in [2.45, 2.75) is 63.9 Å². The molecule has 0 aromatic carbocycles. The average Bonchev–Trinajstić information content (AvgIpc) is 3.03. The van der Waals surface area contributed by atoms with Crippen LogP contribution in [-0.2, 0) is 4.74 Å². The number of halogens is 2. The lowest BCUT2D eigenvalue weighted by Crippen LogP contribution is -2.41. The zero-order valence-corrected chi connectivity index (χ0v) is 16.5. The van der Waals surface area contributed by atoms with E-state index in [-0.39, 0.29) is 18.9 Å². The Hall–Kier alpha value is -1.44. The predicted octanol–water partition coefficient (Wildman–Crippen LogP) is 4.49. The number of hydrogen-bond donors (Lipinski definition) is 0. The molecule has 1 aromatic rings. The number of thiazole rings is 1. The maximum atomic E-state index is 13.3. The Morgan fingerprint density at radius 1 is 1.23 bits per heavy atom. The van der Waals surface area contributed by atoms with Gasteiger partial charge in [-0.25, -0.2) is 18.6 Å². The fraction of sp³-hybridized carbons (Fsp3) is 0.778. The van der Waals surface area contributed by atoms with Crippen LogP contribution in [0.15, 0.2) is 6.20 Å². The molecule has 26 heavy (non-hydrogen) atoms. The number of hydrogen-bond acceptors (Lipinski definition) is 5. The number of ether oxygens (including phenoxy) is 1. The lowest BCUT2D eigenvalue weighted by atomic mass is 9.96. The summed E-state index contributed by atoms with van der Waals surface area (Å²) < 4.78 is 32.0. The second-order valence-electron chi connectivity index (χ2n) is 8.13. The van der Waals surface area contributed by atoms with Gasteiger partial charge < -0.3 is 14.5 Å². The van der Waals surface area contributed by atoms with Crippen LogP contribution in [0.5, 0.6) is 0 Å². The molecule has 2 saturated heterocycles. The van der Waals surface area contributed by atoms with E-state index in [9.17, 15) is 13.6 Å². The maximum absolute atomic E-state index is 13.3. The minimum absolute atomic E-state index is 0.101. The Labute approximate surface area is 157 Å². The Morgan fingerprint density at radius 3 is 2.42 bits per heavy atom. The number of amides is 1. The summed E-state index contributed by atoms with van der Waals surface area (Å²) in [6, 6.07) is 0. The van der Waals surface area contributed by atoms with Gasteiger partial charge in [0.15, 0.2) is 5.13 Å². The fourth-order valence-electron chi connectivity index (χ4n) is 3.31. The van der Waals surface area contributed by atoms with Gasteiger partial charge in [0, 0.05) is 50.1 Å². The van der Waals surface area contributed by atoms with E-state index in [1.807, 2.05) is 31.9 Å². The van der Waals surface area contributed by atoms with Gasteiger partial charge in [-0.05, 0) is 39.5 Å². The molecule has 0 unspecified atom stereocenters. The van der Waals surface area contributed by atoms with Gasteiger partial charge in [0.25, 0.3) is 5.92 Å². The van der Waals surface area contributed by atoms with Crippen LogP contribution in [0.3, 0.4) is 0 Å². The molecule has 2 aliphatic rings. The minimum Gasteiger partial charge on any atom is -0.444 e. The van der Waals surface area contributed by atoms with Crippen LogP contribution in [0.1, 0.15) is 57.2 Å². The van der Waals surface area contributed by atoms with E-state index in [4.69, 9.17) is 4.74 Å². The van der Waals surface area contributed by atoms with Crippen molar-refractivity contribution in [3.8, 4) is 0 Å². The van der Waals surface area contributed by atoms with Gasteiger partial charge in [-0.1, -0.05) is 0 Å². The number of alkyl halides is 2. The molecule has 0 spiro atoms. The first-order chi connectivity index (χ1) is 12.1. The van der Waals surface area contributed by atoms with Crippen molar-refractivity contribution in [3.63, 3.8) is 0 Å². The summed E-state index contributed by atoms with van der Waals surface area (Å²) >= 11 is 1.60. The van der Waals surface area contributed by atoms with E-state index < -0.39 is 11.5 Å². The van der Waals surface area contributed by atoms with Gasteiger partial charge in [0.2, 0.25) is 0 Å². The molecule has 3 heterocycles. The molecule has 0 bridgehead atoms. The monoisotopic (exact) mass is 387 g/mol. The summed E-state index contributed by atoms with van der Waals surface area (Å²) in [5.41, 5.74) is -0.480. The van der Waals surface area contributed by atoms with Crippen LogP contribution in [0.4, 0.5) is 18.7 Å². The van der Waals surface area contributed by atoms with Crippen molar-refractivity contribution in [1.29, 1.82) is 0 Å². The third kappa shape index (κ3) is 4.84. The summed E-state index contributed by atoms with van der Waals surface area (Å²) in [5, 5.41) is 0.838. The highest BCUT2D eigenvalue weighted by Crippen LogP contribution is 2.37. The van der Waals surface area contributed by atoms with E-state index in [2.05, 4.69) is 4.98 Å². The first kappa shape index (κ1) is 19.3. The fourth-order valence-corrected chi connectivity index (χ4v) is 4.45. The van der Waals surface area contributed by atoms with Crippen LogP contribution >= 0.6 is 11.3 Å². The predicted molar refractivity (Wildman–Crippen MR) is 98.3 cm³/mol. The molecule has 0 atom stereocenters. The van der Waals surface area contributed by atoms with E-state index in [1.54, 1.807) is 16.2 Å². The van der Waals surface area contributed by atoms with E-state index >= 15 is 0 Å². The molecule has 1 amide bonds. The van der Waals surface area contributed by atoms with Crippen LogP contribution in [-0.4, -0.2) is 53.7 Å². The lowest BCUT2D eigenvalue weighted by Gasteiger charge is -2.33. The number of aromatic nitrogens is 1. The van der Waals surface area contributed by atoms with Crippen molar-refractivity contribution >= 4 is 22.6 Å². The molecule has 2 fully saturated rings. The summed E-state index contributed by atoms with van der Waals surface area (Å²) in [6.07, 6.45) is 3.17. The topological polar surface area (TPSA) is 45.7 Å². The largest absolute Gasteiger partial charge is 0.444 e. The van der Waals surface area contributed by atoms with Crippen molar-refractivity contribution in [1.82, 2.24) is 9.88 Å². The Balaban J connectivity index is 1.53. The van der Waals surface area contributed by atoms with Crippen LogP contribution in [0.25, 0.3) is 0 Å². The maximum Gasteiger partial charge on any atom is 0.410 e. The number of carbonyl (C=O) groups excluding carboxylic acids is 1. The smallest absolute Gasteiger partial charge is 0.410 e. The first-order valence-electron chi connectivity index (χ1n) is 9.19. The molecular weight excluding hydrogens is 360 g/mol. The van der Waals surface area contributed by atoms with Gasteiger partial charge in [-0.2, -0.15) is 0 Å². The molecule has 5 nitrogen and oxygen atoms in total. The van der Waals surface area contributed by atoms with Gasteiger partial charge in [-0.15, -0.1) is 11.3 Å². The zero-order chi connectivity index (χ0) is 18.9. The van der Waals surface area contributed by atoms with Gasteiger partial charge >= 0.3 is 6.09 Å². The number of likely N-dealkylation sites (tertiary alicyclic amines) is 1. The van der Waals surface area contributed by atoms with Crippen molar-refractivity contribution in [3.05, 3.63) is 11.1 Å². The summed E-state index contributed by atoms with van der Waals surface area (Å²) in [7, 11) is 0. The average molecular weight is 387 g/mol. The molecular formula is C18H27F2N3O2S. The molecule has 146 valence electrons. The van der Waals surface area contributed by atoms with E-state index in [1.165, 1.54) is 4.88 Å². The molecule has 0 aliphatic carbocycles. The quantitative estimate of drug-likeness (QED) is 0.750. The Morgan fingerprint density at radius 2 is 1.85 bits per heavy atom. The van der Waals surface area contributed by atoms with Gasteiger partial charge in [-0.3, -0.25) is 0 Å². The Kier molecular flexibility index (Phi) is 5.42. The molecule has 1 aromatic heterocycles. The van der Waals surface area contributed by atoms with Crippen molar-refractivity contribution < 1.29 is 18.3 Å². The molecule has 2 aliphatic heterocycles. The lowest BCUT2D eigenvalue weighted by molar-refractivity contribution is -0.0220. The summed E-state index contributed by atoms with van der Waals surface area (Å²) in [4.78, 5) is 21.5. The second-order valence-corrected chi connectivity index (χ2v) is 9.17. The highest BCUT2D eigenvalue weighted by Gasteiger charge is 2.35. The Bertz CT molecular complexity index is 627. The van der Waals surface area contributed by atoms with E-state index in [0.717, 1.165) is 18.0 Å². The summed E-state index contributed by atoms with van der Waals surface area (Å²) in [5.74, 6) is -2.17. The summed E-state index contributed by atoms with van der Waals surface area (Å²) in [6.45, 7) is 7.66. The van der Waals surface area contributed by atoms with Crippen molar-refractivity contribution in [2.75, 3.05) is 31.1 Å². The number of carbonyl (C=O) groups is 1. The molecule has 0 saturated carbocycles. The van der Waals surface area contributed by atoms with Crippen LogP contribution in [0, 0.1) is 0 Å². The third-order valence-corrected chi connectivity index (χ3v) is 6.05. The molecule has 8 heteroatoms. The van der Waals surface area contributed by atoms with Gasteiger partial charge in [0.1, 0.15) is 5.60 Å². The third-order valence-electron chi connectivity index (χ3n) is 4.83. The molecule has 0 radical (unpaired) electrons.